The van der Waals surface area contributed by atoms with Crippen LogP contribution in [0.15, 0.2) is 273 Å². The SMILES string of the molecule is C[C@@H](C(=O)N1CCN(c2cccc(S(=O)(=O)Nc3nccs3)c2)CC1)n1ccc2c(F)cccc21.O=C(Cc1ccc(Cl)cc1)N1CCN(c2ccc(S(=O)(=O)Nc3ccncn3)cc2)CC1.O=C1[C@@H](N2CCc3ccc(F)cc32)CCN1c1ccc(S(=O)(=O)Nc2nccs2)cc1.O=C1[C@@H](n2ccc3c(F)cccc32)CCN1c1ccc(S(=O)(=O)Nc2nccs2)cc1.[HH].[HH].[HH].[HH].[HH]. The molecule has 4 amide bonds. The summed E-state index contributed by atoms with van der Waals surface area (Å²) in [5.74, 6) is -0.839. The smallest absolute Gasteiger partial charge is 0.263 e. The number of nitrogens with zero attached hydrogens (tertiary/aromatic N) is 14. The number of anilines is 9. The molecule has 4 fully saturated rings. The first-order chi connectivity index (χ1) is 62.1. The molecule has 0 radical (unpaired) electrons. The van der Waals surface area contributed by atoms with E-state index in [0.29, 0.717) is 140 Å². The predicted octanol–water partition coefficient (Wildman–Crippen LogP) is 15.3. The molecule has 6 aromatic heterocycles. The number of benzene rings is 8. The molecule has 19 rings (SSSR count). The van der Waals surface area contributed by atoms with Crippen LogP contribution >= 0.6 is 45.6 Å². The number of rotatable bonds is 22. The molecule has 0 unspecified atom stereocenters. The molecule has 4 N–H and O–H groups in total. The zero-order valence-corrected chi connectivity index (χ0v) is 75.1. The number of carbonyl (C=O) groups is 4. The van der Waals surface area contributed by atoms with Crippen LogP contribution in [0.5, 0.6) is 0 Å². The lowest BCUT2D eigenvalue weighted by Gasteiger charge is -2.37. The second-order valence-electron chi connectivity index (χ2n) is 30.3. The van der Waals surface area contributed by atoms with Crippen molar-refractivity contribution in [3.05, 3.63) is 287 Å². The third kappa shape index (κ3) is 20.5. The Labute approximate surface area is 765 Å². The summed E-state index contributed by atoms with van der Waals surface area (Å²) in [6.45, 7) is 8.25. The molecule has 4 saturated heterocycles. The summed E-state index contributed by atoms with van der Waals surface area (Å²) in [6, 6.07) is 51.1. The molecule has 129 heavy (non-hydrogen) atoms. The van der Waals surface area contributed by atoms with Gasteiger partial charge in [-0.05, 0) is 195 Å². The summed E-state index contributed by atoms with van der Waals surface area (Å²) < 4.78 is 156. The maximum Gasteiger partial charge on any atom is 0.263 e. The Kier molecular flexibility index (Phi) is 26.8. The molecular formula is C88H92ClF3N18O12S7. The van der Waals surface area contributed by atoms with Crippen LogP contribution in [0.25, 0.3) is 21.8 Å². The van der Waals surface area contributed by atoms with Crippen molar-refractivity contribution in [2.45, 2.75) is 70.3 Å². The minimum Gasteiger partial charge on any atom is -0.368 e. The van der Waals surface area contributed by atoms with Crippen LogP contribution < -0.4 is 43.4 Å². The Morgan fingerprint density at radius 3 is 1.53 bits per heavy atom. The summed E-state index contributed by atoms with van der Waals surface area (Å²) in [5.41, 5.74) is 7.08. The third-order valence-electron chi connectivity index (χ3n) is 22.4. The molecule has 30 nitrogen and oxygen atoms in total. The van der Waals surface area contributed by atoms with Crippen molar-refractivity contribution in [2.24, 2.45) is 0 Å². The number of carbonyl (C=O) groups excluding carboxylic acids is 4. The minimum atomic E-state index is -3.76. The van der Waals surface area contributed by atoms with Crippen molar-refractivity contribution >= 4 is 181 Å². The van der Waals surface area contributed by atoms with Crippen LogP contribution in [-0.2, 0) is 72.1 Å². The van der Waals surface area contributed by atoms with E-state index in [2.05, 4.69) is 53.6 Å². The Balaban J connectivity index is 0.000000170. The highest BCUT2D eigenvalue weighted by Crippen LogP contribution is 2.38. The van der Waals surface area contributed by atoms with E-state index < -0.39 is 52.2 Å². The molecule has 14 aromatic rings. The van der Waals surface area contributed by atoms with Gasteiger partial charge < -0.3 is 43.4 Å². The molecule has 41 heteroatoms. The summed E-state index contributed by atoms with van der Waals surface area (Å²) in [6.07, 6.45) is 13.1. The lowest BCUT2D eigenvalue weighted by molar-refractivity contribution is -0.134. The van der Waals surface area contributed by atoms with Crippen molar-refractivity contribution in [1.29, 1.82) is 0 Å². The number of aromatic nitrogens is 7. The van der Waals surface area contributed by atoms with Gasteiger partial charge in [0.25, 0.3) is 40.1 Å². The molecule has 0 saturated carbocycles. The number of sulfonamides is 4. The van der Waals surface area contributed by atoms with E-state index in [-0.39, 0.29) is 84.8 Å². The van der Waals surface area contributed by atoms with Gasteiger partial charge in [-0.3, -0.25) is 38.1 Å². The second-order valence-corrected chi connectivity index (χ2v) is 40.1. The van der Waals surface area contributed by atoms with Gasteiger partial charge in [0.15, 0.2) is 15.4 Å². The first-order valence-corrected chi connectivity index (χ1v) is 49.5. The molecule has 0 spiro atoms. The van der Waals surface area contributed by atoms with Gasteiger partial charge in [-0.25, -0.2) is 71.8 Å². The zero-order valence-electron chi connectivity index (χ0n) is 68.6. The molecule has 11 heterocycles. The number of thiazole rings is 3. The van der Waals surface area contributed by atoms with Crippen LogP contribution in [0, 0.1) is 17.5 Å². The third-order valence-corrected chi connectivity index (χ3v) is 30.6. The molecule has 0 bridgehead atoms. The van der Waals surface area contributed by atoms with E-state index in [1.54, 1.807) is 168 Å². The maximum atomic E-state index is 14.1. The van der Waals surface area contributed by atoms with Gasteiger partial charge in [-0.1, -0.05) is 48.0 Å². The standard InChI is InChI=1S/C24H24FN5O3S2.C22H22ClN5O3S.C21H19FN4O3S2.C21H17FN4O3S2.5H2/c1-17(30-10-8-20-21(25)6-3-7-22(20)30)23(31)29-13-11-28(12-14-29)18-4-2-5-19(16-18)35(32,33)27-24-26-9-15-34-24;23-18-3-1-17(2-4-18)15-22(29)28-13-11-27(12-14-28)19-5-7-20(8-6-19)32(30,31)26-21-9-10-24-16-25-21;22-15-2-1-14-7-10-26(19(14)13-15)18-8-11-25(20(18)27)16-3-5-17(6-4-16)31(28,29)24-21-23-9-12-30-21;22-17-2-1-3-18-16(17)8-11-26(18)19-9-12-25(20(19)27)14-4-6-15(7-5-14)31(28,29)24-21-23-10-13-30-21;;;;;/h2-10,15-17H,11-14H2,1H3,(H,26,27);1-10,16H,11-15H2,(H,24,25,26);1-6,9,12-13,18H,7-8,10-11H2,(H,23,24);1-8,10-11,13,19H,9,12H2,(H,23,24);5*1H/t17-;;18-;19-;;;;;/m0.00...../s1. The maximum absolute atomic E-state index is 14.1. The number of hydrogen-bond acceptors (Lipinski definition) is 23. The molecule has 3 atom stereocenters. The first kappa shape index (κ1) is 89.6. The second kappa shape index (κ2) is 38.6. The number of halogens is 4. The van der Waals surface area contributed by atoms with Gasteiger partial charge in [0.2, 0.25) is 23.6 Å². The highest BCUT2D eigenvalue weighted by Gasteiger charge is 2.41. The highest BCUT2D eigenvalue weighted by molar-refractivity contribution is 7.93. The molecule has 8 aromatic carbocycles. The van der Waals surface area contributed by atoms with Gasteiger partial charge in [0.05, 0.1) is 37.0 Å². The predicted molar refractivity (Wildman–Crippen MR) is 503 cm³/mol. The number of fused-ring (bicyclic) bond motifs is 3. The highest BCUT2D eigenvalue weighted by atomic mass is 35.5. The van der Waals surface area contributed by atoms with Crippen LogP contribution in [0.1, 0.15) is 50.1 Å². The minimum absolute atomic E-state index is 0. The van der Waals surface area contributed by atoms with Gasteiger partial charge in [0, 0.05) is 177 Å². The summed E-state index contributed by atoms with van der Waals surface area (Å²) in [5, 5.41) is 7.59. The number of amides is 4. The van der Waals surface area contributed by atoms with Crippen LogP contribution in [0.4, 0.5) is 62.8 Å². The van der Waals surface area contributed by atoms with E-state index >= 15 is 0 Å². The van der Waals surface area contributed by atoms with Crippen molar-refractivity contribution in [1.82, 2.24) is 43.9 Å². The Morgan fingerprint density at radius 1 is 0.481 bits per heavy atom. The molecular weight excluding hydrogens is 1820 g/mol. The number of hydrogen-bond donors (Lipinski definition) is 4. The van der Waals surface area contributed by atoms with E-state index in [9.17, 15) is 66.0 Å². The Hall–Kier alpha value is -12.8. The first-order valence-electron chi connectivity index (χ1n) is 40.6. The quantitative estimate of drug-likeness (QED) is 0.0489. The van der Waals surface area contributed by atoms with E-state index in [4.69, 9.17) is 11.6 Å². The Bertz CT molecular complexity index is 6900. The molecule has 0 aliphatic carbocycles. The summed E-state index contributed by atoms with van der Waals surface area (Å²) in [4.78, 5) is 85.1. The zero-order chi connectivity index (χ0) is 90.3. The molecule has 5 aliphatic rings. The summed E-state index contributed by atoms with van der Waals surface area (Å²) >= 11 is 9.49. The van der Waals surface area contributed by atoms with E-state index in [1.165, 1.54) is 120 Å². The topological polar surface area (TPSA) is 350 Å². The van der Waals surface area contributed by atoms with E-state index in [0.717, 1.165) is 34.6 Å². The normalized spacial score (nSPS) is 16.2. The average molecular weight is 1910 g/mol. The lowest BCUT2D eigenvalue weighted by Crippen LogP contribution is -2.50. The van der Waals surface area contributed by atoms with Gasteiger partial charge in [0.1, 0.15) is 47.7 Å². The van der Waals surface area contributed by atoms with Crippen molar-refractivity contribution in [3.8, 4) is 0 Å². The molecule has 676 valence electrons. The van der Waals surface area contributed by atoms with Crippen LogP contribution in [0.3, 0.4) is 0 Å². The fourth-order valence-corrected chi connectivity index (χ4v) is 22.4. The summed E-state index contributed by atoms with van der Waals surface area (Å²) in [7, 11) is -15.0. The van der Waals surface area contributed by atoms with Crippen molar-refractivity contribution in [3.63, 3.8) is 0 Å². The van der Waals surface area contributed by atoms with Crippen LogP contribution in [0.2, 0.25) is 5.02 Å². The fraction of sp³-hybridized carbons (Fsp3) is 0.216. The monoisotopic (exact) mass is 1910 g/mol. The van der Waals surface area contributed by atoms with Crippen molar-refractivity contribution < 1.29 is 73.2 Å². The number of nitrogens with one attached hydrogen (secondary N) is 4. The lowest BCUT2D eigenvalue weighted by atomic mass is 10.1. The van der Waals surface area contributed by atoms with Gasteiger partial charge in [-0.2, -0.15) is 0 Å². The van der Waals surface area contributed by atoms with Crippen molar-refractivity contribution in [2.75, 3.05) is 115 Å². The van der Waals surface area contributed by atoms with Crippen LogP contribution in [-0.4, -0.2) is 179 Å². The molecule has 5 aliphatic heterocycles. The largest absolute Gasteiger partial charge is 0.368 e. The van der Waals surface area contributed by atoms with Gasteiger partial charge in [-0.15, -0.1) is 34.0 Å². The van der Waals surface area contributed by atoms with E-state index in [1.807, 2.05) is 41.0 Å². The Morgan fingerprint density at radius 2 is 0.977 bits per heavy atom. The number of piperazine rings is 2. The van der Waals surface area contributed by atoms with Gasteiger partial charge >= 0.3 is 0 Å². The average Bonchev–Trinajstić information content (AvgIpc) is 1.61. The fourth-order valence-electron chi connectivity index (χ4n) is 15.9.